The molecule has 168 valence electrons. The highest BCUT2D eigenvalue weighted by atomic mass is 32.2. The van der Waals surface area contributed by atoms with Crippen molar-refractivity contribution in [1.82, 2.24) is 14.7 Å². The van der Waals surface area contributed by atoms with Crippen LogP contribution in [0.15, 0.2) is 41.6 Å². The van der Waals surface area contributed by atoms with Gasteiger partial charge in [0.2, 0.25) is 21.8 Å². The molecule has 1 aliphatic rings. The lowest BCUT2D eigenvalue weighted by Gasteiger charge is -2.26. The Hall–Kier alpha value is -2.56. The molecule has 0 saturated carbocycles. The summed E-state index contributed by atoms with van der Waals surface area (Å²) in [5, 5.41) is 2.84. The van der Waals surface area contributed by atoms with Crippen molar-refractivity contribution in [3.05, 3.63) is 42.2 Å². The van der Waals surface area contributed by atoms with E-state index in [1.165, 1.54) is 25.6 Å². The number of aromatic nitrogens is 2. The third-order valence-corrected chi connectivity index (χ3v) is 6.82. The lowest BCUT2D eigenvalue weighted by Crippen LogP contribution is -2.26. The predicted molar refractivity (Wildman–Crippen MR) is 115 cm³/mol. The van der Waals surface area contributed by atoms with Gasteiger partial charge in [-0.1, -0.05) is 19.1 Å². The Balaban J connectivity index is 1.83. The molecule has 10 heteroatoms. The van der Waals surface area contributed by atoms with Crippen molar-refractivity contribution in [2.45, 2.75) is 37.0 Å². The monoisotopic (exact) mass is 448 g/mol. The molecule has 2 aromatic rings. The van der Waals surface area contributed by atoms with Crippen LogP contribution in [0.3, 0.4) is 0 Å². The van der Waals surface area contributed by atoms with Crippen LogP contribution >= 0.6 is 0 Å². The summed E-state index contributed by atoms with van der Waals surface area (Å²) in [6, 6.07) is 8.02. The number of hydrogen-bond donors (Lipinski definition) is 2. The predicted octanol–water partition coefficient (Wildman–Crippen LogP) is 2.32. The van der Waals surface area contributed by atoms with Crippen molar-refractivity contribution in [3.63, 3.8) is 0 Å². The molecule has 1 aromatic heterocycles. The molecule has 0 radical (unpaired) electrons. The van der Waals surface area contributed by atoms with Gasteiger partial charge in [-0.3, -0.25) is 4.79 Å². The van der Waals surface area contributed by atoms with E-state index in [9.17, 15) is 13.2 Å². The molecule has 2 N–H and O–H groups in total. The van der Waals surface area contributed by atoms with Crippen LogP contribution in [-0.2, 0) is 19.6 Å². The average molecular weight is 449 g/mol. The summed E-state index contributed by atoms with van der Waals surface area (Å²) in [7, 11) is -2.06. The van der Waals surface area contributed by atoms with Crippen molar-refractivity contribution < 1.29 is 22.7 Å². The van der Waals surface area contributed by atoms with Gasteiger partial charge in [-0.15, -0.1) is 0 Å². The topological polar surface area (TPSA) is 120 Å². The summed E-state index contributed by atoms with van der Waals surface area (Å²) in [4.78, 5) is 21.4. The first-order valence-corrected chi connectivity index (χ1v) is 11.8. The number of carbonyl (C=O) groups is 1. The first-order chi connectivity index (χ1) is 14.9. The summed E-state index contributed by atoms with van der Waals surface area (Å²) in [6.45, 7) is 3.40. The Morgan fingerprint density at radius 3 is 2.58 bits per heavy atom. The number of anilines is 1. The minimum absolute atomic E-state index is 0.170. The second-order valence-electron chi connectivity index (χ2n) is 7.35. The van der Waals surface area contributed by atoms with Gasteiger partial charge in [-0.2, -0.15) is 0 Å². The Kier molecular flexibility index (Phi) is 7.94. The van der Waals surface area contributed by atoms with E-state index in [0.717, 1.165) is 18.4 Å². The number of nitrogens with zero attached hydrogens (tertiary/aromatic N) is 2. The van der Waals surface area contributed by atoms with E-state index in [1.54, 1.807) is 25.1 Å². The number of ether oxygens (including phenoxy) is 2. The maximum Gasteiger partial charge on any atom is 0.240 e. The number of rotatable bonds is 9. The number of hydrogen-bond acceptors (Lipinski definition) is 7. The molecule has 0 spiro atoms. The molecule has 1 atom stereocenters. The second-order valence-corrected chi connectivity index (χ2v) is 9.12. The minimum atomic E-state index is -3.55. The molecule has 31 heavy (non-hydrogen) atoms. The fourth-order valence-electron chi connectivity index (χ4n) is 3.60. The highest BCUT2D eigenvalue weighted by molar-refractivity contribution is 7.89. The number of amides is 1. The van der Waals surface area contributed by atoms with Gasteiger partial charge in [-0.05, 0) is 42.9 Å². The smallest absolute Gasteiger partial charge is 0.240 e. The van der Waals surface area contributed by atoms with E-state index in [1.807, 2.05) is 0 Å². The zero-order valence-corrected chi connectivity index (χ0v) is 18.5. The molecule has 1 amide bonds. The minimum Gasteiger partial charge on any atom is -0.481 e. The van der Waals surface area contributed by atoms with Crippen molar-refractivity contribution >= 4 is 21.7 Å². The molecule has 1 unspecified atom stereocenters. The Bertz CT molecular complexity index is 976. The van der Waals surface area contributed by atoms with E-state index in [2.05, 4.69) is 20.0 Å². The quantitative estimate of drug-likeness (QED) is 0.604. The normalized spacial score (nSPS) is 15.9. The van der Waals surface area contributed by atoms with Crippen molar-refractivity contribution in [2.24, 2.45) is 5.92 Å². The van der Waals surface area contributed by atoms with Crippen LogP contribution in [0, 0.1) is 5.92 Å². The van der Waals surface area contributed by atoms with Gasteiger partial charge in [0.05, 0.1) is 17.9 Å². The van der Waals surface area contributed by atoms with Crippen LogP contribution in [0.5, 0.6) is 5.88 Å². The molecule has 1 aromatic carbocycles. The number of methoxy groups -OCH3 is 1. The zero-order valence-electron chi connectivity index (χ0n) is 17.7. The van der Waals surface area contributed by atoms with Gasteiger partial charge in [0.25, 0.3) is 0 Å². The average Bonchev–Trinajstić information content (AvgIpc) is 2.78. The van der Waals surface area contributed by atoms with Crippen LogP contribution in [0.4, 0.5) is 5.82 Å². The van der Waals surface area contributed by atoms with E-state index >= 15 is 0 Å². The van der Waals surface area contributed by atoms with E-state index in [0.29, 0.717) is 43.8 Å². The van der Waals surface area contributed by atoms with Crippen molar-refractivity contribution in [3.8, 4) is 5.88 Å². The molecule has 0 aliphatic carbocycles. The highest BCUT2D eigenvalue weighted by Gasteiger charge is 2.27. The molecule has 1 saturated heterocycles. The number of sulfonamides is 1. The first kappa shape index (κ1) is 23.1. The molecule has 1 aliphatic heterocycles. The van der Waals surface area contributed by atoms with Gasteiger partial charge >= 0.3 is 0 Å². The van der Waals surface area contributed by atoms with Crippen molar-refractivity contribution in [2.75, 3.05) is 32.2 Å². The van der Waals surface area contributed by atoms with Gasteiger partial charge < -0.3 is 14.8 Å². The third-order valence-electron chi connectivity index (χ3n) is 5.26. The molecule has 0 bridgehead atoms. The Labute approximate surface area is 182 Å². The standard InChI is InChI=1S/C21H28N4O5S/c1-3-24-31(27,28)17-6-4-16(5-7-17)18(12-15-8-10-30-11-9-15)21(26)25-19-13-20(29-2)23-14-22-19/h4-7,13-15,18,24H,3,8-12H2,1-2H3,(H,22,23,25,26). The summed E-state index contributed by atoms with van der Waals surface area (Å²) >= 11 is 0. The van der Waals surface area contributed by atoms with E-state index in [4.69, 9.17) is 9.47 Å². The van der Waals surface area contributed by atoms with Gasteiger partial charge in [0.15, 0.2) is 0 Å². The third kappa shape index (κ3) is 6.22. The maximum absolute atomic E-state index is 13.2. The number of benzene rings is 1. The Morgan fingerprint density at radius 1 is 1.23 bits per heavy atom. The van der Waals surface area contributed by atoms with Crippen LogP contribution in [0.1, 0.15) is 37.7 Å². The molecule has 2 heterocycles. The van der Waals surface area contributed by atoms with Crippen molar-refractivity contribution in [1.29, 1.82) is 0 Å². The van der Waals surface area contributed by atoms with Crippen LogP contribution in [-0.4, -0.2) is 51.2 Å². The van der Waals surface area contributed by atoms with E-state index < -0.39 is 15.9 Å². The molecule has 3 rings (SSSR count). The summed E-state index contributed by atoms with van der Waals surface area (Å²) in [5.74, 6) is 0.369. The highest BCUT2D eigenvalue weighted by Crippen LogP contribution is 2.31. The van der Waals surface area contributed by atoms with Gasteiger partial charge in [0.1, 0.15) is 12.1 Å². The summed E-state index contributed by atoms with van der Waals surface area (Å²) < 4.78 is 37.5. The maximum atomic E-state index is 13.2. The number of carbonyl (C=O) groups excluding carboxylic acids is 1. The van der Waals surface area contributed by atoms with Crippen LogP contribution < -0.4 is 14.8 Å². The second kappa shape index (κ2) is 10.7. The molecule has 9 nitrogen and oxygen atoms in total. The lowest BCUT2D eigenvalue weighted by atomic mass is 9.84. The number of nitrogens with one attached hydrogen (secondary N) is 2. The Morgan fingerprint density at radius 2 is 1.94 bits per heavy atom. The largest absolute Gasteiger partial charge is 0.481 e. The van der Waals surface area contributed by atoms with Gasteiger partial charge in [-0.25, -0.2) is 23.1 Å². The van der Waals surface area contributed by atoms with Crippen LogP contribution in [0.25, 0.3) is 0 Å². The van der Waals surface area contributed by atoms with E-state index in [-0.39, 0.29) is 10.8 Å². The first-order valence-electron chi connectivity index (χ1n) is 10.3. The summed E-state index contributed by atoms with van der Waals surface area (Å²) in [5.41, 5.74) is 0.750. The summed E-state index contributed by atoms with van der Waals surface area (Å²) in [6.07, 6.45) is 3.73. The molecular formula is C21H28N4O5S. The van der Waals surface area contributed by atoms with Gasteiger partial charge in [0, 0.05) is 25.8 Å². The molecular weight excluding hydrogens is 420 g/mol. The lowest BCUT2D eigenvalue weighted by molar-refractivity contribution is -0.118. The SMILES string of the molecule is CCNS(=O)(=O)c1ccc(C(CC2CCOCC2)C(=O)Nc2cc(OC)ncn2)cc1. The fourth-order valence-corrected chi connectivity index (χ4v) is 4.64. The van der Waals surface area contributed by atoms with Crippen LogP contribution in [0.2, 0.25) is 0 Å². The molecule has 1 fully saturated rings. The zero-order chi connectivity index (χ0) is 22.3. The fraction of sp³-hybridized carbons (Fsp3) is 0.476.